The van der Waals surface area contributed by atoms with Gasteiger partial charge in [0.05, 0.1) is 31.7 Å². The molecule has 5 rings (SSSR count). The predicted octanol–water partition coefficient (Wildman–Crippen LogP) is 3.95. The number of methoxy groups -OCH3 is 1. The number of oxazole rings is 1. The number of nitrogens with zero attached hydrogens (tertiary/aromatic N) is 5. The largest absolute Gasteiger partial charge is 0.497 e. The van der Waals surface area contributed by atoms with Crippen molar-refractivity contribution in [2.75, 3.05) is 44.9 Å². The quantitative estimate of drug-likeness (QED) is 0.345. The van der Waals surface area contributed by atoms with Crippen LogP contribution >= 0.6 is 0 Å². The number of rotatable bonds is 10. The third-order valence-corrected chi connectivity index (χ3v) is 6.18. The van der Waals surface area contributed by atoms with Gasteiger partial charge in [-0.05, 0) is 41.5 Å². The molecule has 8 heteroatoms. The van der Waals surface area contributed by atoms with E-state index in [9.17, 15) is 0 Å². The Labute approximate surface area is 205 Å². The van der Waals surface area contributed by atoms with Gasteiger partial charge in [0.2, 0.25) is 0 Å². The molecule has 1 saturated heterocycles. The lowest BCUT2D eigenvalue weighted by Gasteiger charge is -2.26. The van der Waals surface area contributed by atoms with Gasteiger partial charge in [0, 0.05) is 51.5 Å². The Morgan fingerprint density at radius 2 is 1.83 bits per heavy atom. The molecule has 35 heavy (non-hydrogen) atoms. The highest BCUT2D eigenvalue weighted by Crippen LogP contribution is 2.23. The van der Waals surface area contributed by atoms with Crippen LogP contribution in [0.4, 0.5) is 6.01 Å². The third-order valence-electron chi connectivity index (χ3n) is 6.18. The van der Waals surface area contributed by atoms with Crippen LogP contribution in [-0.2, 0) is 24.2 Å². The van der Waals surface area contributed by atoms with Crippen LogP contribution in [0.15, 0.2) is 77.7 Å². The average molecular weight is 474 g/mol. The van der Waals surface area contributed by atoms with Crippen LogP contribution in [0.5, 0.6) is 5.75 Å². The Morgan fingerprint density at radius 1 is 1.00 bits per heavy atom. The Bertz CT molecular complexity index is 1180. The van der Waals surface area contributed by atoms with E-state index in [4.69, 9.17) is 18.9 Å². The molecule has 0 amide bonds. The fraction of sp³-hybridized carbons (Fsp3) is 0.333. The second-order valence-electron chi connectivity index (χ2n) is 8.65. The molecule has 0 N–H and O–H groups in total. The monoisotopic (exact) mass is 473 g/mol. The second-order valence-corrected chi connectivity index (χ2v) is 8.65. The zero-order valence-corrected chi connectivity index (χ0v) is 20.0. The molecule has 0 unspecified atom stereocenters. The average Bonchev–Trinajstić information content (AvgIpc) is 3.61. The molecule has 0 saturated carbocycles. The summed E-state index contributed by atoms with van der Waals surface area (Å²) in [6.07, 6.45) is 6.36. The van der Waals surface area contributed by atoms with Crippen LogP contribution in [-0.4, -0.2) is 59.6 Å². The molecule has 1 fully saturated rings. The van der Waals surface area contributed by atoms with Gasteiger partial charge in [-0.2, -0.15) is 10.1 Å². The molecule has 0 spiro atoms. The summed E-state index contributed by atoms with van der Waals surface area (Å²) in [7, 11) is 1.69. The van der Waals surface area contributed by atoms with Gasteiger partial charge in [0.1, 0.15) is 12.0 Å². The number of hydrogen-bond acceptors (Lipinski definition) is 7. The molecule has 0 bridgehead atoms. The SMILES string of the molecule is COc1cccc(CN(Cc2ccc(-n3cccn3)cc2)c2nc(CCN3CCOCC3)co2)c1. The topological polar surface area (TPSA) is 68.8 Å². The predicted molar refractivity (Wildman–Crippen MR) is 134 cm³/mol. The van der Waals surface area contributed by atoms with Crippen molar-refractivity contribution in [1.29, 1.82) is 0 Å². The van der Waals surface area contributed by atoms with Crippen molar-refractivity contribution in [1.82, 2.24) is 19.7 Å². The highest BCUT2D eigenvalue weighted by atomic mass is 16.5. The fourth-order valence-electron chi connectivity index (χ4n) is 4.23. The standard InChI is InChI=1S/C27H31N5O3/c1-33-26-5-2-4-23(18-26)20-31(19-22-6-8-25(9-7-22)32-12-3-11-28-32)27-29-24(21-35-27)10-13-30-14-16-34-17-15-30/h2-9,11-12,18,21H,10,13-17,19-20H2,1H3. The smallest absolute Gasteiger partial charge is 0.298 e. The number of aromatic nitrogens is 3. The minimum atomic E-state index is 0.626. The van der Waals surface area contributed by atoms with E-state index < -0.39 is 0 Å². The first kappa shape index (κ1) is 23.1. The first-order valence-corrected chi connectivity index (χ1v) is 12.0. The van der Waals surface area contributed by atoms with E-state index in [1.54, 1.807) is 19.6 Å². The van der Waals surface area contributed by atoms with Gasteiger partial charge in [-0.25, -0.2) is 4.68 Å². The lowest BCUT2D eigenvalue weighted by Crippen LogP contribution is -2.37. The number of anilines is 1. The van der Waals surface area contributed by atoms with Crippen LogP contribution in [0.25, 0.3) is 5.69 Å². The summed E-state index contributed by atoms with van der Waals surface area (Å²) in [4.78, 5) is 9.42. The molecule has 2 aromatic carbocycles. The van der Waals surface area contributed by atoms with Gasteiger partial charge in [-0.1, -0.05) is 24.3 Å². The van der Waals surface area contributed by atoms with Crippen molar-refractivity contribution in [3.8, 4) is 11.4 Å². The van der Waals surface area contributed by atoms with Crippen molar-refractivity contribution in [3.63, 3.8) is 0 Å². The highest BCUT2D eigenvalue weighted by molar-refractivity contribution is 5.38. The molecular weight excluding hydrogens is 442 g/mol. The Balaban J connectivity index is 1.32. The van der Waals surface area contributed by atoms with Crippen molar-refractivity contribution in [3.05, 3.63) is 90.1 Å². The molecule has 1 aliphatic rings. The summed E-state index contributed by atoms with van der Waals surface area (Å²) in [6, 6.07) is 19.1. The molecule has 0 aliphatic carbocycles. The highest BCUT2D eigenvalue weighted by Gasteiger charge is 2.17. The van der Waals surface area contributed by atoms with Crippen LogP contribution in [0.3, 0.4) is 0 Å². The number of benzene rings is 2. The molecule has 3 heterocycles. The maximum atomic E-state index is 5.98. The molecule has 0 radical (unpaired) electrons. The molecule has 0 atom stereocenters. The zero-order chi connectivity index (χ0) is 23.9. The summed E-state index contributed by atoms with van der Waals surface area (Å²) in [6.45, 7) is 5.83. The molecule has 4 aromatic rings. The number of ether oxygens (including phenoxy) is 2. The van der Waals surface area contributed by atoms with Crippen LogP contribution in [0.2, 0.25) is 0 Å². The Morgan fingerprint density at radius 3 is 2.60 bits per heavy atom. The summed E-state index contributed by atoms with van der Waals surface area (Å²) in [5.41, 5.74) is 4.29. The zero-order valence-electron chi connectivity index (χ0n) is 20.0. The first-order chi connectivity index (χ1) is 17.3. The van der Waals surface area contributed by atoms with Crippen LogP contribution < -0.4 is 9.64 Å². The van der Waals surface area contributed by atoms with E-state index in [-0.39, 0.29) is 0 Å². The minimum absolute atomic E-state index is 0.626. The summed E-state index contributed by atoms with van der Waals surface area (Å²) < 4.78 is 18.7. The number of morpholine rings is 1. The van der Waals surface area contributed by atoms with Gasteiger partial charge in [0.25, 0.3) is 6.01 Å². The molecule has 8 nitrogen and oxygen atoms in total. The Hall–Kier alpha value is -3.62. The van der Waals surface area contributed by atoms with Gasteiger partial charge in [-0.15, -0.1) is 0 Å². The van der Waals surface area contributed by atoms with Gasteiger partial charge >= 0.3 is 0 Å². The van der Waals surface area contributed by atoms with Crippen molar-refractivity contribution in [2.45, 2.75) is 19.5 Å². The van der Waals surface area contributed by atoms with E-state index in [0.717, 1.165) is 67.5 Å². The van der Waals surface area contributed by atoms with Crippen LogP contribution in [0.1, 0.15) is 16.8 Å². The summed E-state index contributed by atoms with van der Waals surface area (Å²) >= 11 is 0. The van der Waals surface area contributed by atoms with Crippen molar-refractivity contribution < 1.29 is 13.9 Å². The first-order valence-electron chi connectivity index (χ1n) is 12.0. The molecule has 2 aromatic heterocycles. The van der Waals surface area contributed by atoms with E-state index in [2.05, 4.69) is 51.3 Å². The minimum Gasteiger partial charge on any atom is -0.497 e. The van der Waals surface area contributed by atoms with E-state index in [1.165, 1.54) is 0 Å². The van der Waals surface area contributed by atoms with Crippen molar-refractivity contribution in [2.24, 2.45) is 0 Å². The van der Waals surface area contributed by atoms with Gasteiger partial charge < -0.3 is 18.8 Å². The third kappa shape index (κ3) is 6.09. The second kappa shape index (κ2) is 11.2. The fourth-order valence-corrected chi connectivity index (χ4v) is 4.23. The maximum absolute atomic E-state index is 5.98. The van der Waals surface area contributed by atoms with E-state index in [0.29, 0.717) is 19.1 Å². The maximum Gasteiger partial charge on any atom is 0.298 e. The number of hydrogen-bond donors (Lipinski definition) is 0. The van der Waals surface area contributed by atoms with E-state index >= 15 is 0 Å². The van der Waals surface area contributed by atoms with Gasteiger partial charge in [-0.3, -0.25) is 4.90 Å². The Kier molecular flexibility index (Phi) is 7.41. The van der Waals surface area contributed by atoms with Crippen molar-refractivity contribution >= 4 is 6.01 Å². The van der Waals surface area contributed by atoms with Crippen LogP contribution in [0, 0.1) is 0 Å². The van der Waals surface area contributed by atoms with Gasteiger partial charge in [0.15, 0.2) is 0 Å². The molecular formula is C27H31N5O3. The normalized spacial score (nSPS) is 14.2. The summed E-state index contributed by atoms with van der Waals surface area (Å²) in [5.74, 6) is 0.838. The lowest BCUT2D eigenvalue weighted by atomic mass is 10.1. The van der Waals surface area contributed by atoms with E-state index in [1.807, 2.05) is 29.1 Å². The lowest BCUT2D eigenvalue weighted by molar-refractivity contribution is 0.0383. The summed E-state index contributed by atoms with van der Waals surface area (Å²) in [5, 5.41) is 4.31. The molecule has 1 aliphatic heterocycles. The molecule has 182 valence electrons.